The van der Waals surface area contributed by atoms with Crippen LogP contribution in [0.2, 0.25) is 0 Å². The number of benzene rings is 2. The Balaban J connectivity index is 1.33. The highest BCUT2D eigenvalue weighted by atomic mass is 19.1. The quantitative estimate of drug-likeness (QED) is 0.677. The minimum absolute atomic E-state index is 0.0532. The fourth-order valence-corrected chi connectivity index (χ4v) is 4.41. The number of fused-ring (bicyclic) bond motifs is 2. The van der Waals surface area contributed by atoms with E-state index in [9.17, 15) is 18.4 Å². The van der Waals surface area contributed by atoms with Crippen LogP contribution in [-0.4, -0.2) is 32.9 Å². The van der Waals surface area contributed by atoms with Crippen molar-refractivity contribution in [2.24, 2.45) is 0 Å². The highest BCUT2D eigenvalue weighted by Gasteiger charge is 2.51. The van der Waals surface area contributed by atoms with Crippen molar-refractivity contribution in [3.05, 3.63) is 82.4 Å². The van der Waals surface area contributed by atoms with Crippen molar-refractivity contribution in [2.45, 2.75) is 43.6 Å². The van der Waals surface area contributed by atoms with Crippen LogP contribution in [-0.2, 0) is 23.1 Å². The first kappa shape index (κ1) is 19.5. The van der Waals surface area contributed by atoms with Gasteiger partial charge in [-0.1, -0.05) is 30.3 Å². The van der Waals surface area contributed by atoms with Gasteiger partial charge in [0.1, 0.15) is 17.5 Å². The molecule has 0 radical (unpaired) electrons. The minimum Gasteiger partial charge on any atom is -0.339 e. The van der Waals surface area contributed by atoms with Crippen LogP contribution in [0.25, 0.3) is 0 Å². The molecule has 3 aromatic rings. The number of carbonyl (C=O) groups excluding carboxylic acids is 2. The Bertz CT molecular complexity index is 1170. The van der Waals surface area contributed by atoms with Gasteiger partial charge in [-0.2, -0.15) is 0 Å². The molecule has 158 valence electrons. The molecule has 1 atom stereocenters. The van der Waals surface area contributed by atoms with Crippen LogP contribution in [0.5, 0.6) is 0 Å². The van der Waals surface area contributed by atoms with Crippen molar-refractivity contribution in [3.8, 4) is 0 Å². The molecule has 1 saturated carbocycles. The van der Waals surface area contributed by atoms with E-state index in [2.05, 4.69) is 20.5 Å². The number of aromatic nitrogens is 3. The number of Topliss-reactive ketones (excluding diaryl/α,β-unsaturated/α-hetero) is 1. The maximum atomic E-state index is 14.4. The molecule has 1 fully saturated rings. The molecule has 0 aliphatic heterocycles. The van der Waals surface area contributed by atoms with Crippen LogP contribution in [0.15, 0.2) is 42.5 Å². The lowest BCUT2D eigenvalue weighted by atomic mass is 9.88. The number of H-pyrrole nitrogens is 1. The number of hydrogen-bond acceptors (Lipinski definition) is 4. The summed E-state index contributed by atoms with van der Waals surface area (Å²) < 4.78 is 28.2. The third-order valence-corrected chi connectivity index (χ3v) is 6.17. The first-order chi connectivity index (χ1) is 14.9. The van der Waals surface area contributed by atoms with E-state index in [1.807, 2.05) is 30.3 Å². The number of halogens is 2. The second-order valence-electron chi connectivity index (χ2n) is 8.34. The lowest BCUT2D eigenvalue weighted by Gasteiger charge is -2.20. The van der Waals surface area contributed by atoms with Crippen molar-refractivity contribution < 1.29 is 18.4 Å². The Kier molecular flexibility index (Phi) is 4.64. The van der Waals surface area contributed by atoms with Gasteiger partial charge in [-0.3, -0.25) is 14.7 Å². The van der Waals surface area contributed by atoms with E-state index in [1.165, 1.54) is 6.07 Å². The second kappa shape index (κ2) is 7.37. The summed E-state index contributed by atoms with van der Waals surface area (Å²) in [5.41, 5.74) is 1.34. The van der Waals surface area contributed by atoms with E-state index in [0.29, 0.717) is 24.2 Å². The number of nitrogens with one attached hydrogen (secondary N) is 2. The molecule has 1 spiro atoms. The molecule has 2 aliphatic rings. The fraction of sp³-hybridized carbons (Fsp3) is 0.304. The molecule has 2 aliphatic carbocycles. The van der Waals surface area contributed by atoms with Crippen molar-refractivity contribution in [2.75, 3.05) is 0 Å². The largest absolute Gasteiger partial charge is 0.339 e. The van der Waals surface area contributed by atoms with Crippen LogP contribution in [0.1, 0.15) is 52.4 Å². The van der Waals surface area contributed by atoms with Crippen molar-refractivity contribution in [1.29, 1.82) is 0 Å². The monoisotopic (exact) mass is 422 g/mol. The summed E-state index contributed by atoms with van der Waals surface area (Å²) in [6.45, 7) is 0. The Labute approximate surface area is 177 Å². The van der Waals surface area contributed by atoms with Gasteiger partial charge in [0.25, 0.3) is 5.91 Å². The van der Waals surface area contributed by atoms with Gasteiger partial charge in [0.2, 0.25) is 5.82 Å². The average Bonchev–Trinajstić information content (AvgIpc) is 3.40. The van der Waals surface area contributed by atoms with Gasteiger partial charge >= 0.3 is 0 Å². The van der Waals surface area contributed by atoms with E-state index < -0.39 is 29.0 Å². The summed E-state index contributed by atoms with van der Waals surface area (Å²) in [7, 11) is 0. The van der Waals surface area contributed by atoms with Crippen LogP contribution >= 0.6 is 0 Å². The van der Waals surface area contributed by atoms with E-state index in [1.54, 1.807) is 0 Å². The predicted molar refractivity (Wildman–Crippen MR) is 107 cm³/mol. The standard InChI is InChI=1S/C23H20F2N4O2/c24-14-9-16-15(17(25)10-14)11-19(30)18(12-23(16)6-7-23)26-22(31)21-27-20(28-29-21)8-13-4-2-1-3-5-13/h1-5,9-10,18H,6-8,11-12H2,(H,26,31)(H,27,28,29)/t18-/m1/s1. The zero-order valence-electron chi connectivity index (χ0n) is 16.6. The Hall–Kier alpha value is -3.42. The van der Waals surface area contributed by atoms with Crippen LogP contribution < -0.4 is 5.32 Å². The highest BCUT2D eigenvalue weighted by Crippen LogP contribution is 2.54. The van der Waals surface area contributed by atoms with Gasteiger partial charge < -0.3 is 5.32 Å². The summed E-state index contributed by atoms with van der Waals surface area (Å²) in [4.78, 5) is 29.8. The number of amides is 1. The van der Waals surface area contributed by atoms with E-state index >= 15 is 0 Å². The number of hydrogen-bond donors (Lipinski definition) is 2. The summed E-state index contributed by atoms with van der Waals surface area (Å²) in [6.07, 6.45) is 2.08. The molecule has 0 saturated heterocycles. The number of ketones is 1. The lowest BCUT2D eigenvalue weighted by molar-refractivity contribution is -0.120. The van der Waals surface area contributed by atoms with Gasteiger partial charge in [-0.25, -0.2) is 13.8 Å². The third kappa shape index (κ3) is 3.73. The van der Waals surface area contributed by atoms with Gasteiger partial charge in [0, 0.05) is 18.9 Å². The van der Waals surface area contributed by atoms with E-state index in [4.69, 9.17) is 0 Å². The van der Waals surface area contributed by atoms with E-state index in [-0.39, 0.29) is 23.6 Å². The SMILES string of the molecule is O=C(N[C@@H]1CC2(CC2)c2cc(F)cc(F)c2CC1=O)c1n[nH]c(Cc2ccccc2)n1. The van der Waals surface area contributed by atoms with Crippen LogP contribution in [0.3, 0.4) is 0 Å². The molecule has 1 aromatic heterocycles. The molecule has 1 heterocycles. The molecular formula is C23H20F2N4O2. The Morgan fingerprint density at radius 2 is 1.97 bits per heavy atom. The first-order valence-electron chi connectivity index (χ1n) is 10.2. The molecule has 31 heavy (non-hydrogen) atoms. The molecule has 5 rings (SSSR count). The highest BCUT2D eigenvalue weighted by molar-refractivity contribution is 5.96. The summed E-state index contributed by atoms with van der Waals surface area (Å²) >= 11 is 0. The van der Waals surface area contributed by atoms with Crippen molar-refractivity contribution in [1.82, 2.24) is 20.5 Å². The maximum Gasteiger partial charge on any atom is 0.291 e. The predicted octanol–water partition coefficient (Wildman–Crippen LogP) is 3.02. The molecule has 6 nitrogen and oxygen atoms in total. The van der Waals surface area contributed by atoms with Crippen LogP contribution in [0.4, 0.5) is 8.78 Å². The van der Waals surface area contributed by atoms with Crippen LogP contribution in [0, 0.1) is 11.6 Å². The molecule has 8 heteroatoms. The van der Waals surface area contributed by atoms with Crippen molar-refractivity contribution in [3.63, 3.8) is 0 Å². The van der Waals surface area contributed by atoms with Gasteiger partial charge in [-0.15, -0.1) is 5.10 Å². The number of aromatic amines is 1. The maximum absolute atomic E-state index is 14.4. The molecule has 0 bridgehead atoms. The minimum atomic E-state index is -0.805. The van der Waals surface area contributed by atoms with E-state index in [0.717, 1.165) is 24.5 Å². The molecule has 0 unspecified atom stereocenters. The Morgan fingerprint density at radius 1 is 1.19 bits per heavy atom. The zero-order chi connectivity index (χ0) is 21.6. The summed E-state index contributed by atoms with van der Waals surface area (Å²) in [5, 5.41) is 9.45. The Morgan fingerprint density at radius 3 is 2.71 bits per heavy atom. The second-order valence-corrected chi connectivity index (χ2v) is 8.34. The average molecular weight is 422 g/mol. The van der Waals surface area contributed by atoms with Gasteiger partial charge in [0.05, 0.1) is 6.04 Å². The van der Waals surface area contributed by atoms with Crippen molar-refractivity contribution >= 4 is 11.7 Å². The number of rotatable bonds is 4. The number of nitrogens with zero attached hydrogens (tertiary/aromatic N) is 2. The first-order valence-corrected chi connectivity index (χ1v) is 10.2. The third-order valence-electron chi connectivity index (χ3n) is 6.17. The lowest BCUT2D eigenvalue weighted by Crippen LogP contribution is -2.42. The molecule has 2 N–H and O–H groups in total. The smallest absolute Gasteiger partial charge is 0.291 e. The number of carbonyl (C=O) groups is 2. The molecule has 2 aromatic carbocycles. The molecular weight excluding hydrogens is 402 g/mol. The zero-order valence-corrected chi connectivity index (χ0v) is 16.6. The normalized spacial score (nSPS) is 19.0. The van der Waals surface area contributed by atoms with Gasteiger partial charge in [0.15, 0.2) is 5.78 Å². The molecule has 1 amide bonds. The summed E-state index contributed by atoms with van der Waals surface area (Å²) in [6, 6.07) is 11.0. The summed E-state index contributed by atoms with van der Waals surface area (Å²) in [5.74, 6) is -1.74. The topological polar surface area (TPSA) is 87.7 Å². The fourth-order valence-electron chi connectivity index (χ4n) is 4.41. The van der Waals surface area contributed by atoms with Gasteiger partial charge in [-0.05, 0) is 47.4 Å².